The van der Waals surface area contributed by atoms with E-state index in [0.717, 1.165) is 23.9 Å². The number of hydrogen-bond acceptors (Lipinski definition) is 4. The van der Waals surface area contributed by atoms with Gasteiger partial charge in [-0.25, -0.2) is 0 Å². The molecule has 2 heterocycles. The Morgan fingerprint density at radius 2 is 2.29 bits per heavy atom. The van der Waals surface area contributed by atoms with Crippen molar-refractivity contribution in [1.29, 1.82) is 0 Å². The van der Waals surface area contributed by atoms with Crippen LogP contribution in [-0.4, -0.2) is 37.5 Å². The van der Waals surface area contributed by atoms with E-state index < -0.39 is 0 Å². The summed E-state index contributed by atoms with van der Waals surface area (Å²) < 4.78 is 11.5. The highest BCUT2D eigenvalue weighted by molar-refractivity contribution is 5.79. The number of hydrogen-bond donors (Lipinski definition) is 1. The number of nitrogens with zero attached hydrogens (tertiary/aromatic N) is 1. The van der Waals surface area contributed by atoms with Crippen LogP contribution in [0.25, 0.3) is 10.9 Å². The summed E-state index contributed by atoms with van der Waals surface area (Å²) in [5.74, 6) is 0. The molecule has 3 rings (SSSR count). The van der Waals surface area contributed by atoms with Crippen LogP contribution in [0.2, 0.25) is 0 Å². The lowest BCUT2D eigenvalue weighted by Crippen LogP contribution is -2.40. The van der Waals surface area contributed by atoms with Gasteiger partial charge < -0.3 is 14.8 Å². The van der Waals surface area contributed by atoms with Crippen molar-refractivity contribution in [2.24, 2.45) is 0 Å². The molecule has 2 atom stereocenters. The standard InChI is InChI=1S/C17H22N2O2/c1-2-7-19-17(16-12-20-9-10-21-16)14-6-5-13-4-3-8-18-15(13)11-14/h3-6,8,11,16-17,19H,2,7,9-10,12H2,1H3. The molecule has 4 nitrogen and oxygen atoms in total. The minimum atomic E-state index is 0.0615. The predicted molar refractivity (Wildman–Crippen MR) is 83.3 cm³/mol. The van der Waals surface area contributed by atoms with E-state index in [1.165, 1.54) is 5.56 Å². The van der Waals surface area contributed by atoms with Gasteiger partial charge in [-0.1, -0.05) is 25.1 Å². The van der Waals surface area contributed by atoms with Gasteiger partial charge in [-0.05, 0) is 30.7 Å². The van der Waals surface area contributed by atoms with Crippen molar-refractivity contribution in [2.45, 2.75) is 25.5 Å². The van der Waals surface area contributed by atoms with Crippen LogP contribution in [0, 0.1) is 0 Å². The maximum atomic E-state index is 5.90. The third kappa shape index (κ3) is 3.40. The van der Waals surface area contributed by atoms with Gasteiger partial charge >= 0.3 is 0 Å². The van der Waals surface area contributed by atoms with Gasteiger partial charge in [0.25, 0.3) is 0 Å². The smallest absolute Gasteiger partial charge is 0.100 e. The Kier molecular flexibility index (Phi) is 4.80. The Morgan fingerprint density at radius 1 is 1.33 bits per heavy atom. The minimum absolute atomic E-state index is 0.0615. The number of aromatic nitrogens is 1. The molecule has 2 aromatic rings. The van der Waals surface area contributed by atoms with E-state index in [-0.39, 0.29) is 12.1 Å². The lowest BCUT2D eigenvalue weighted by atomic mass is 9.99. The Bertz CT molecular complexity index is 582. The lowest BCUT2D eigenvalue weighted by molar-refractivity contribution is -0.102. The molecule has 1 aromatic carbocycles. The third-order valence-electron chi connectivity index (χ3n) is 3.82. The summed E-state index contributed by atoms with van der Waals surface area (Å²) in [7, 11) is 0. The van der Waals surface area contributed by atoms with Gasteiger partial charge in [0.05, 0.1) is 31.4 Å². The van der Waals surface area contributed by atoms with Crippen molar-refractivity contribution in [3.8, 4) is 0 Å². The van der Waals surface area contributed by atoms with E-state index in [2.05, 4.69) is 41.5 Å². The molecule has 0 aliphatic carbocycles. The average molecular weight is 286 g/mol. The summed E-state index contributed by atoms with van der Waals surface area (Å²) in [5, 5.41) is 4.75. The summed E-state index contributed by atoms with van der Waals surface area (Å²) in [4.78, 5) is 4.45. The maximum Gasteiger partial charge on any atom is 0.100 e. The summed E-state index contributed by atoms with van der Waals surface area (Å²) in [6.45, 7) is 5.13. The third-order valence-corrected chi connectivity index (χ3v) is 3.82. The van der Waals surface area contributed by atoms with Crippen molar-refractivity contribution in [2.75, 3.05) is 26.4 Å². The molecule has 0 amide bonds. The number of nitrogens with one attached hydrogen (secondary N) is 1. The van der Waals surface area contributed by atoms with Gasteiger partial charge in [0.2, 0.25) is 0 Å². The molecular formula is C17H22N2O2. The molecule has 1 saturated heterocycles. The van der Waals surface area contributed by atoms with Crippen LogP contribution < -0.4 is 5.32 Å². The molecule has 4 heteroatoms. The number of ether oxygens (including phenoxy) is 2. The van der Waals surface area contributed by atoms with Crippen molar-refractivity contribution >= 4 is 10.9 Å². The SMILES string of the molecule is CCCNC(c1ccc2cccnc2c1)C1COCCO1. The first kappa shape index (κ1) is 14.4. The molecule has 2 unspecified atom stereocenters. The number of rotatable bonds is 5. The first-order chi connectivity index (χ1) is 10.4. The van der Waals surface area contributed by atoms with Crippen molar-refractivity contribution in [3.05, 3.63) is 42.1 Å². The molecular weight excluding hydrogens is 264 g/mol. The van der Waals surface area contributed by atoms with Crippen LogP contribution in [0.1, 0.15) is 24.9 Å². The van der Waals surface area contributed by atoms with E-state index in [9.17, 15) is 0 Å². The monoisotopic (exact) mass is 286 g/mol. The van der Waals surface area contributed by atoms with Crippen LogP contribution in [0.5, 0.6) is 0 Å². The maximum absolute atomic E-state index is 5.90. The Morgan fingerprint density at radius 3 is 3.10 bits per heavy atom. The van der Waals surface area contributed by atoms with Crippen LogP contribution in [0.3, 0.4) is 0 Å². The molecule has 0 radical (unpaired) electrons. The highest BCUT2D eigenvalue weighted by Crippen LogP contribution is 2.24. The van der Waals surface area contributed by atoms with Gasteiger partial charge in [-0.3, -0.25) is 4.98 Å². The van der Waals surface area contributed by atoms with Crippen molar-refractivity contribution in [1.82, 2.24) is 10.3 Å². The zero-order chi connectivity index (χ0) is 14.5. The normalized spacial score (nSPS) is 20.5. The van der Waals surface area contributed by atoms with Crippen LogP contribution >= 0.6 is 0 Å². The Hall–Kier alpha value is -1.49. The quantitative estimate of drug-likeness (QED) is 0.918. The fraction of sp³-hybridized carbons (Fsp3) is 0.471. The predicted octanol–water partition coefficient (Wildman–Crippen LogP) is 2.69. The molecule has 1 aromatic heterocycles. The largest absolute Gasteiger partial charge is 0.376 e. The fourth-order valence-corrected chi connectivity index (χ4v) is 2.74. The molecule has 1 aliphatic rings. The first-order valence-corrected chi connectivity index (χ1v) is 7.66. The lowest BCUT2D eigenvalue weighted by Gasteiger charge is -2.31. The summed E-state index contributed by atoms with van der Waals surface area (Å²) in [5.41, 5.74) is 2.24. The minimum Gasteiger partial charge on any atom is -0.376 e. The van der Waals surface area contributed by atoms with Crippen molar-refractivity contribution in [3.63, 3.8) is 0 Å². The molecule has 112 valence electrons. The van der Waals surface area contributed by atoms with Crippen LogP contribution in [0.15, 0.2) is 36.5 Å². The molecule has 1 fully saturated rings. The summed E-state index contributed by atoms with van der Waals surface area (Å²) >= 11 is 0. The molecule has 1 aliphatic heterocycles. The first-order valence-electron chi connectivity index (χ1n) is 7.66. The van der Waals surface area contributed by atoms with Gasteiger partial charge in [-0.15, -0.1) is 0 Å². The van der Waals surface area contributed by atoms with Gasteiger partial charge in [-0.2, -0.15) is 0 Å². The second-order valence-corrected chi connectivity index (χ2v) is 5.37. The Balaban J connectivity index is 1.88. The van der Waals surface area contributed by atoms with E-state index >= 15 is 0 Å². The highest BCUT2D eigenvalue weighted by Gasteiger charge is 2.26. The van der Waals surface area contributed by atoms with Gasteiger partial charge in [0.15, 0.2) is 0 Å². The second-order valence-electron chi connectivity index (χ2n) is 5.37. The zero-order valence-corrected chi connectivity index (χ0v) is 12.4. The fourth-order valence-electron chi connectivity index (χ4n) is 2.74. The molecule has 1 N–H and O–H groups in total. The average Bonchev–Trinajstić information content (AvgIpc) is 2.56. The molecule has 21 heavy (non-hydrogen) atoms. The molecule has 0 saturated carbocycles. The van der Waals surface area contributed by atoms with Crippen molar-refractivity contribution < 1.29 is 9.47 Å². The molecule has 0 spiro atoms. The van der Waals surface area contributed by atoms with Gasteiger partial charge in [0, 0.05) is 11.6 Å². The highest BCUT2D eigenvalue weighted by atomic mass is 16.6. The molecule has 0 bridgehead atoms. The second kappa shape index (κ2) is 6.98. The number of benzene rings is 1. The number of pyridine rings is 1. The van der Waals surface area contributed by atoms with E-state index in [0.29, 0.717) is 19.8 Å². The summed E-state index contributed by atoms with van der Waals surface area (Å²) in [6, 6.07) is 10.6. The van der Waals surface area contributed by atoms with E-state index in [1.54, 1.807) is 0 Å². The topological polar surface area (TPSA) is 43.4 Å². The Labute approximate surface area is 125 Å². The van der Waals surface area contributed by atoms with Crippen LogP contribution in [-0.2, 0) is 9.47 Å². The van der Waals surface area contributed by atoms with E-state index in [4.69, 9.17) is 9.47 Å². The van der Waals surface area contributed by atoms with E-state index in [1.807, 2.05) is 12.3 Å². The summed E-state index contributed by atoms with van der Waals surface area (Å²) in [6.07, 6.45) is 2.99. The van der Waals surface area contributed by atoms with Crippen LogP contribution in [0.4, 0.5) is 0 Å². The zero-order valence-electron chi connectivity index (χ0n) is 12.4. The number of fused-ring (bicyclic) bond motifs is 1. The van der Waals surface area contributed by atoms with Gasteiger partial charge in [0.1, 0.15) is 6.10 Å².